The highest BCUT2D eigenvalue weighted by Crippen LogP contribution is 2.28. The first-order valence-electron chi connectivity index (χ1n) is 6.54. The number of aromatic nitrogens is 2. The molecule has 1 aromatic heterocycles. The molecule has 5 nitrogen and oxygen atoms in total. The highest BCUT2D eigenvalue weighted by atomic mass is 79.9. The maximum atomic E-state index is 12.1. The van der Waals surface area contributed by atoms with E-state index < -0.39 is 0 Å². The third-order valence-electron chi connectivity index (χ3n) is 3.40. The number of aromatic amines is 1. The van der Waals surface area contributed by atoms with Gasteiger partial charge in [-0.2, -0.15) is 5.10 Å². The highest BCUT2D eigenvalue weighted by molar-refractivity contribution is 9.10. The van der Waals surface area contributed by atoms with Gasteiger partial charge >= 0.3 is 0 Å². The molecular formula is C14H15BrN4O. The van der Waals surface area contributed by atoms with Crippen molar-refractivity contribution in [1.82, 2.24) is 20.8 Å². The molecule has 6 heteroatoms. The van der Waals surface area contributed by atoms with E-state index in [1.807, 2.05) is 30.3 Å². The predicted molar refractivity (Wildman–Crippen MR) is 80.4 cm³/mol. The van der Waals surface area contributed by atoms with Gasteiger partial charge in [-0.1, -0.05) is 30.3 Å². The zero-order valence-electron chi connectivity index (χ0n) is 10.8. The first kappa shape index (κ1) is 13.3. The van der Waals surface area contributed by atoms with Crippen molar-refractivity contribution in [3.05, 3.63) is 40.5 Å². The topological polar surface area (TPSA) is 69.8 Å². The monoisotopic (exact) mass is 334 g/mol. The summed E-state index contributed by atoms with van der Waals surface area (Å²) in [4.78, 5) is 12.1. The lowest BCUT2D eigenvalue weighted by molar-refractivity contribution is 0.0936. The van der Waals surface area contributed by atoms with Crippen LogP contribution >= 0.6 is 15.9 Å². The molecular weight excluding hydrogens is 320 g/mol. The first-order chi connectivity index (χ1) is 9.75. The molecule has 1 saturated heterocycles. The lowest BCUT2D eigenvalue weighted by atomic mass is 10.0. The quantitative estimate of drug-likeness (QED) is 0.798. The van der Waals surface area contributed by atoms with E-state index in [9.17, 15) is 4.79 Å². The van der Waals surface area contributed by atoms with Crippen LogP contribution in [0, 0.1) is 5.92 Å². The molecule has 0 bridgehead atoms. The van der Waals surface area contributed by atoms with E-state index in [4.69, 9.17) is 0 Å². The molecule has 0 aliphatic carbocycles. The molecule has 1 fully saturated rings. The molecule has 2 heterocycles. The van der Waals surface area contributed by atoms with Crippen LogP contribution in [0.15, 0.2) is 34.8 Å². The average molecular weight is 335 g/mol. The number of nitrogens with zero attached hydrogens (tertiary/aromatic N) is 1. The SMILES string of the molecule is O=C(NCC1CNC1)c1[nH]nc(-c2ccccc2)c1Br. The molecule has 0 radical (unpaired) electrons. The summed E-state index contributed by atoms with van der Waals surface area (Å²) >= 11 is 3.46. The van der Waals surface area contributed by atoms with Crippen LogP contribution in [0.5, 0.6) is 0 Å². The van der Waals surface area contributed by atoms with E-state index >= 15 is 0 Å². The lowest BCUT2D eigenvalue weighted by Gasteiger charge is -2.26. The number of benzene rings is 1. The summed E-state index contributed by atoms with van der Waals surface area (Å²) in [5, 5.41) is 13.1. The van der Waals surface area contributed by atoms with E-state index in [0.717, 1.165) is 24.3 Å². The number of carbonyl (C=O) groups is 1. The Kier molecular flexibility index (Phi) is 3.84. The Morgan fingerprint density at radius 3 is 2.75 bits per heavy atom. The highest BCUT2D eigenvalue weighted by Gasteiger charge is 2.21. The number of carbonyl (C=O) groups excluding carboxylic acids is 1. The van der Waals surface area contributed by atoms with Crippen molar-refractivity contribution in [2.45, 2.75) is 0 Å². The maximum Gasteiger partial charge on any atom is 0.270 e. The summed E-state index contributed by atoms with van der Waals surface area (Å²) in [6, 6.07) is 9.76. The van der Waals surface area contributed by atoms with Gasteiger partial charge in [0.2, 0.25) is 0 Å². The van der Waals surface area contributed by atoms with Crippen molar-refractivity contribution in [3.63, 3.8) is 0 Å². The standard InChI is InChI=1S/C14H15BrN4O/c15-11-12(10-4-2-1-3-5-10)18-19-13(11)14(20)17-8-9-6-16-7-9/h1-5,9,16H,6-8H2,(H,17,20)(H,18,19). The Morgan fingerprint density at radius 1 is 1.35 bits per heavy atom. The van der Waals surface area contributed by atoms with Crippen molar-refractivity contribution in [2.75, 3.05) is 19.6 Å². The van der Waals surface area contributed by atoms with Gasteiger partial charge in [0.1, 0.15) is 11.4 Å². The molecule has 104 valence electrons. The minimum atomic E-state index is -0.126. The Balaban J connectivity index is 1.74. The van der Waals surface area contributed by atoms with Crippen LogP contribution in [-0.2, 0) is 0 Å². The van der Waals surface area contributed by atoms with Crippen LogP contribution in [0.25, 0.3) is 11.3 Å². The van der Waals surface area contributed by atoms with Gasteiger partial charge in [-0.25, -0.2) is 0 Å². The molecule has 2 aromatic rings. The fraction of sp³-hybridized carbons (Fsp3) is 0.286. The third kappa shape index (κ3) is 2.62. The Bertz CT molecular complexity index is 607. The van der Waals surface area contributed by atoms with E-state index in [2.05, 4.69) is 36.8 Å². The van der Waals surface area contributed by atoms with Gasteiger partial charge in [0.15, 0.2) is 0 Å². The minimum absolute atomic E-state index is 0.126. The molecule has 3 N–H and O–H groups in total. The Morgan fingerprint density at radius 2 is 2.10 bits per heavy atom. The van der Waals surface area contributed by atoms with Gasteiger partial charge in [-0.3, -0.25) is 9.89 Å². The van der Waals surface area contributed by atoms with E-state index in [-0.39, 0.29) is 5.91 Å². The molecule has 0 spiro atoms. The van der Waals surface area contributed by atoms with Gasteiger partial charge in [0.25, 0.3) is 5.91 Å². The number of hydrogen-bond acceptors (Lipinski definition) is 3. The maximum absolute atomic E-state index is 12.1. The van der Waals surface area contributed by atoms with E-state index in [0.29, 0.717) is 22.6 Å². The van der Waals surface area contributed by atoms with Gasteiger partial charge in [-0.05, 0) is 15.9 Å². The number of amides is 1. The van der Waals surface area contributed by atoms with Crippen molar-refractivity contribution >= 4 is 21.8 Å². The molecule has 0 unspecified atom stereocenters. The summed E-state index contributed by atoms with van der Waals surface area (Å²) in [5.41, 5.74) is 2.19. The Labute approximate surface area is 125 Å². The van der Waals surface area contributed by atoms with E-state index in [1.54, 1.807) is 0 Å². The fourth-order valence-electron chi connectivity index (χ4n) is 2.08. The summed E-state index contributed by atoms with van der Waals surface area (Å²) < 4.78 is 0.702. The second-order valence-corrected chi connectivity index (χ2v) is 5.65. The second-order valence-electron chi connectivity index (χ2n) is 4.86. The fourth-order valence-corrected chi connectivity index (χ4v) is 2.67. The normalized spacial score (nSPS) is 14.8. The number of H-pyrrole nitrogens is 1. The largest absolute Gasteiger partial charge is 0.350 e. The average Bonchev–Trinajstić information content (AvgIpc) is 2.80. The van der Waals surface area contributed by atoms with Gasteiger partial charge < -0.3 is 10.6 Å². The predicted octanol–water partition coefficient (Wildman–Crippen LogP) is 1.79. The lowest BCUT2D eigenvalue weighted by Crippen LogP contribution is -2.48. The summed E-state index contributed by atoms with van der Waals surface area (Å²) in [6.45, 7) is 2.64. The Hall–Kier alpha value is -1.66. The number of halogens is 1. The van der Waals surface area contributed by atoms with Crippen molar-refractivity contribution in [2.24, 2.45) is 5.92 Å². The van der Waals surface area contributed by atoms with Crippen molar-refractivity contribution in [1.29, 1.82) is 0 Å². The van der Waals surface area contributed by atoms with Crippen LogP contribution in [0.4, 0.5) is 0 Å². The van der Waals surface area contributed by atoms with Crippen LogP contribution in [0.1, 0.15) is 10.5 Å². The van der Waals surface area contributed by atoms with Crippen molar-refractivity contribution < 1.29 is 4.79 Å². The number of hydrogen-bond donors (Lipinski definition) is 3. The molecule has 1 amide bonds. The second kappa shape index (κ2) is 5.76. The molecule has 3 rings (SSSR count). The number of nitrogens with one attached hydrogen (secondary N) is 3. The first-order valence-corrected chi connectivity index (χ1v) is 7.33. The zero-order valence-corrected chi connectivity index (χ0v) is 12.4. The van der Waals surface area contributed by atoms with Crippen molar-refractivity contribution in [3.8, 4) is 11.3 Å². The summed E-state index contributed by atoms with van der Waals surface area (Å²) in [7, 11) is 0. The molecule has 1 aromatic carbocycles. The van der Waals surface area contributed by atoms with Gasteiger partial charge in [-0.15, -0.1) is 0 Å². The third-order valence-corrected chi connectivity index (χ3v) is 4.17. The number of rotatable bonds is 4. The van der Waals surface area contributed by atoms with Crippen LogP contribution in [0.2, 0.25) is 0 Å². The van der Waals surface area contributed by atoms with Crippen LogP contribution < -0.4 is 10.6 Å². The van der Waals surface area contributed by atoms with E-state index in [1.165, 1.54) is 0 Å². The van der Waals surface area contributed by atoms with Gasteiger partial charge in [0.05, 0.1) is 4.47 Å². The summed E-state index contributed by atoms with van der Waals surface area (Å²) in [6.07, 6.45) is 0. The zero-order chi connectivity index (χ0) is 13.9. The smallest absolute Gasteiger partial charge is 0.270 e. The molecule has 20 heavy (non-hydrogen) atoms. The van der Waals surface area contributed by atoms with Crippen LogP contribution in [-0.4, -0.2) is 35.7 Å². The molecule has 1 aliphatic rings. The molecule has 0 saturated carbocycles. The van der Waals surface area contributed by atoms with Crippen LogP contribution in [0.3, 0.4) is 0 Å². The summed E-state index contributed by atoms with van der Waals surface area (Å²) in [5.74, 6) is 0.410. The molecule has 1 aliphatic heterocycles. The molecule has 0 atom stereocenters. The minimum Gasteiger partial charge on any atom is -0.350 e. The van der Waals surface area contributed by atoms with Gasteiger partial charge in [0, 0.05) is 31.1 Å².